The van der Waals surface area contributed by atoms with Crippen molar-refractivity contribution in [2.45, 2.75) is 70.5 Å². The van der Waals surface area contributed by atoms with Crippen molar-refractivity contribution in [3.63, 3.8) is 0 Å². The summed E-state index contributed by atoms with van der Waals surface area (Å²) in [6.45, 7) is 10.2. The monoisotopic (exact) mass is 293 g/mol. The van der Waals surface area contributed by atoms with Crippen molar-refractivity contribution >= 4 is 0 Å². The number of hydrogen-bond acceptors (Lipinski definition) is 3. The van der Waals surface area contributed by atoms with E-state index in [9.17, 15) is 0 Å². The number of rotatable bonds is 4. The van der Waals surface area contributed by atoms with Crippen LogP contribution in [0.3, 0.4) is 0 Å². The Hall–Kier alpha value is -0.120. The van der Waals surface area contributed by atoms with E-state index >= 15 is 0 Å². The molecule has 0 bridgehead atoms. The molecule has 4 unspecified atom stereocenters. The summed E-state index contributed by atoms with van der Waals surface area (Å²) in [5.41, 5.74) is 0. The molecule has 3 nitrogen and oxygen atoms in total. The van der Waals surface area contributed by atoms with E-state index in [1.54, 1.807) is 0 Å². The first-order valence-electron chi connectivity index (χ1n) is 9.34. The molecule has 2 heterocycles. The lowest BCUT2D eigenvalue weighted by molar-refractivity contribution is 0.0971. The van der Waals surface area contributed by atoms with Gasteiger partial charge < -0.3 is 5.32 Å². The van der Waals surface area contributed by atoms with Gasteiger partial charge in [-0.05, 0) is 70.5 Å². The second-order valence-corrected chi connectivity index (χ2v) is 7.96. The highest BCUT2D eigenvalue weighted by Gasteiger charge is 2.39. The van der Waals surface area contributed by atoms with Gasteiger partial charge in [-0.2, -0.15) is 0 Å². The summed E-state index contributed by atoms with van der Waals surface area (Å²) in [4.78, 5) is 5.59. The summed E-state index contributed by atoms with van der Waals surface area (Å²) in [5, 5.41) is 3.62. The smallest absolute Gasteiger partial charge is 0.0252 e. The zero-order valence-corrected chi connectivity index (χ0v) is 14.4. The summed E-state index contributed by atoms with van der Waals surface area (Å²) in [7, 11) is 2.17. The second kappa shape index (κ2) is 6.97. The number of nitrogens with one attached hydrogen (secondary N) is 1. The second-order valence-electron chi connectivity index (χ2n) is 7.96. The maximum Gasteiger partial charge on any atom is 0.0252 e. The molecule has 0 aromatic carbocycles. The molecule has 122 valence electrons. The molecule has 1 aliphatic carbocycles. The molecule has 3 heteroatoms. The number of hydrogen-bond donors (Lipinski definition) is 1. The quantitative estimate of drug-likeness (QED) is 0.859. The topological polar surface area (TPSA) is 18.5 Å². The SMILES string of the molecule is CNC1CCC(C(C)C)CC1N1CCC(N2CCCC2)C1. The van der Waals surface area contributed by atoms with E-state index in [-0.39, 0.29) is 0 Å². The maximum absolute atomic E-state index is 3.62. The van der Waals surface area contributed by atoms with Crippen LogP contribution in [0.2, 0.25) is 0 Å². The van der Waals surface area contributed by atoms with Crippen molar-refractivity contribution in [2.75, 3.05) is 33.2 Å². The molecule has 3 fully saturated rings. The minimum atomic E-state index is 0.720. The molecule has 4 atom stereocenters. The zero-order chi connectivity index (χ0) is 14.8. The summed E-state index contributed by atoms with van der Waals surface area (Å²) < 4.78 is 0. The summed E-state index contributed by atoms with van der Waals surface area (Å²) in [6.07, 6.45) is 8.45. The first-order chi connectivity index (χ1) is 10.2. The van der Waals surface area contributed by atoms with Crippen LogP contribution in [0, 0.1) is 11.8 Å². The molecule has 0 spiro atoms. The van der Waals surface area contributed by atoms with Crippen LogP contribution >= 0.6 is 0 Å². The van der Waals surface area contributed by atoms with E-state index in [2.05, 4.69) is 36.0 Å². The van der Waals surface area contributed by atoms with Crippen molar-refractivity contribution in [2.24, 2.45) is 11.8 Å². The fourth-order valence-corrected chi connectivity index (χ4v) is 5.00. The standard InChI is InChI=1S/C18H35N3/c1-14(2)15-6-7-17(19-3)18(12-15)21-11-8-16(13-21)20-9-4-5-10-20/h14-19H,4-13H2,1-3H3. The summed E-state index contributed by atoms with van der Waals surface area (Å²) >= 11 is 0. The average molecular weight is 293 g/mol. The van der Waals surface area contributed by atoms with Crippen LogP contribution in [0.5, 0.6) is 0 Å². The molecule has 2 saturated heterocycles. The highest BCUT2D eigenvalue weighted by molar-refractivity contribution is 4.96. The van der Waals surface area contributed by atoms with Gasteiger partial charge in [0.05, 0.1) is 0 Å². The number of likely N-dealkylation sites (N-methyl/N-ethyl adjacent to an activating group) is 1. The Balaban J connectivity index is 1.60. The summed E-state index contributed by atoms with van der Waals surface area (Å²) in [5.74, 6) is 1.78. The van der Waals surface area contributed by atoms with Gasteiger partial charge in [-0.25, -0.2) is 0 Å². The van der Waals surface area contributed by atoms with Crippen LogP contribution < -0.4 is 5.32 Å². The predicted molar refractivity (Wildman–Crippen MR) is 89.6 cm³/mol. The van der Waals surface area contributed by atoms with Crippen LogP contribution in [0.15, 0.2) is 0 Å². The van der Waals surface area contributed by atoms with Crippen LogP contribution in [0.25, 0.3) is 0 Å². The van der Waals surface area contributed by atoms with Crippen LogP contribution in [0.1, 0.15) is 52.4 Å². The van der Waals surface area contributed by atoms with E-state index in [1.807, 2.05) is 0 Å². The van der Waals surface area contributed by atoms with Crippen molar-refractivity contribution in [3.05, 3.63) is 0 Å². The van der Waals surface area contributed by atoms with Gasteiger partial charge in [0.25, 0.3) is 0 Å². The molecule has 21 heavy (non-hydrogen) atoms. The number of nitrogens with zero attached hydrogens (tertiary/aromatic N) is 2. The Bertz CT molecular complexity index is 324. The van der Waals surface area contributed by atoms with E-state index in [1.165, 1.54) is 64.7 Å². The van der Waals surface area contributed by atoms with Crippen LogP contribution in [-0.2, 0) is 0 Å². The van der Waals surface area contributed by atoms with Gasteiger partial charge in [-0.3, -0.25) is 9.80 Å². The van der Waals surface area contributed by atoms with Crippen LogP contribution in [-0.4, -0.2) is 61.2 Å². The first-order valence-corrected chi connectivity index (χ1v) is 9.34. The van der Waals surface area contributed by atoms with Gasteiger partial charge in [0, 0.05) is 31.2 Å². The Kier molecular flexibility index (Phi) is 5.23. The Labute approximate surface area is 131 Å². The van der Waals surface area contributed by atoms with E-state index < -0.39 is 0 Å². The molecule has 2 aliphatic heterocycles. The molecule has 3 rings (SSSR count). The Morgan fingerprint density at radius 3 is 2.38 bits per heavy atom. The molecule has 0 aromatic rings. The molecular formula is C18H35N3. The first kappa shape index (κ1) is 15.8. The van der Waals surface area contributed by atoms with E-state index in [4.69, 9.17) is 0 Å². The maximum atomic E-state index is 3.62. The lowest BCUT2D eigenvalue weighted by Gasteiger charge is -2.42. The molecule has 1 N–H and O–H groups in total. The highest BCUT2D eigenvalue weighted by atomic mass is 15.3. The average Bonchev–Trinajstić information content (AvgIpc) is 3.17. The van der Waals surface area contributed by atoms with Gasteiger partial charge >= 0.3 is 0 Å². The molecule has 0 amide bonds. The number of likely N-dealkylation sites (tertiary alicyclic amines) is 2. The lowest BCUT2D eigenvalue weighted by atomic mass is 9.76. The van der Waals surface area contributed by atoms with Gasteiger partial charge in [-0.1, -0.05) is 13.8 Å². The minimum absolute atomic E-state index is 0.720. The van der Waals surface area contributed by atoms with Gasteiger partial charge in [0.1, 0.15) is 0 Å². The van der Waals surface area contributed by atoms with Gasteiger partial charge in [-0.15, -0.1) is 0 Å². The molecule has 1 saturated carbocycles. The van der Waals surface area contributed by atoms with Crippen LogP contribution in [0.4, 0.5) is 0 Å². The minimum Gasteiger partial charge on any atom is -0.315 e. The van der Waals surface area contributed by atoms with E-state index in [0.29, 0.717) is 0 Å². The van der Waals surface area contributed by atoms with E-state index in [0.717, 1.165) is 30.0 Å². The molecule has 0 aromatic heterocycles. The fourth-order valence-electron chi connectivity index (χ4n) is 5.00. The summed E-state index contributed by atoms with van der Waals surface area (Å²) in [6, 6.07) is 2.35. The largest absolute Gasteiger partial charge is 0.315 e. The van der Waals surface area contributed by atoms with Gasteiger partial charge in [0.15, 0.2) is 0 Å². The lowest BCUT2D eigenvalue weighted by Crippen LogP contribution is -2.52. The Morgan fingerprint density at radius 1 is 0.952 bits per heavy atom. The normalized spacial score (nSPS) is 39.4. The molecular weight excluding hydrogens is 258 g/mol. The van der Waals surface area contributed by atoms with Crippen molar-refractivity contribution in [3.8, 4) is 0 Å². The van der Waals surface area contributed by atoms with Gasteiger partial charge in [0.2, 0.25) is 0 Å². The van der Waals surface area contributed by atoms with Crippen molar-refractivity contribution in [1.82, 2.24) is 15.1 Å². The fraction of sp³-hybridized carbons (Fsp3) is 1.00. The third-order valence-electron chi connectivity index (χ3n) is 6.49. The van der Waals surface area contributed by atoms with Crippen molar-refractivity contribution < 1.29 is 0 Å². The molecule has 0 radical (unpaired) electrons. The van der Waals surface area contributed by atoms with Crippen molar-refractivity contribution in [1.29, 1.82) is 0 Å². The Morgan fingerprint density at radius 2 is 1.71 bits per heavy atom. The molecule has 3 aliphatic rings. The third kappa shape index (κ3) is 3.46. The predicted octanol–water partition coefficient (Wildman–Crippen LogP) is 2.57. The third-order valence-corrected chi connectivity index (χ3v) is 6.49. The zero-order valence-electron chi connectivity index (χ0n) is 14.4. The highest BCUT2D eigenvalue weighted by Crippen LogP contribution is 2.34.